The fraction of sp³-hybridized carbons (Fsp3) is 0.462. The molecule has 1 heterocycles. The van der Waals surface area contributed by atoms with Crippen LogP contribution in [0, 0.1) is 5.92 Å². The first-order valence-electron chi connectivity index (χ1n) is 6.48. The lowest BCUT2D eigenvalue weighted by molar-refractivity contribution is -0.121. The van der Waals surface area contributed by atoms with Gasteiger partial charge in [-0.1, -0.05) is 0 Å². The number of anilines is 1. The first-order chi connectivity index (χ1) is 9.36. The molecular formula is C13H19N3O3S. The van der Waals surface area contributed by atoms with E-state index in [1.807, 2.05) is 7.05 Å². The Bertz CT molecular complexity index is 583. The van der Waals surface area contributed by atoms with Gasteiger partial charge in [0.15, 0.2) is 0 Å². The van der Waals surface area contributed by atoms with E-state index < -0.39 is 10.0 Å². The van der Waals surface area contributed by atoms with Crippen molar-refractivity contribution in [3.8, 4) is 0 Å². The molecule has 0 spiro atoms. The van der Waals surface area contributed by atoms with Gasteiger partial charge >= 0.3 is 0 Å². The standard InChI is InChI=1S/C13H19N3O3S/c1-16-8-2-3-10(9-16)13(17)15-11-4-6-12(7-5-11)20(14,18)19/h4-7,10H,2-3,8-9H2,1H3,(H,15,17)(H2,14,18,19)/t10-/m1/s1. The minimum Gasteiger partial charge on any atom is -0.326 e. The van der Waals surface area contributed by atoms with Gasteiger partial charge in [0.05, 0.1) is 10.8 Å². The third-order valence-corrected chi connectivity index (χ3v) is 4.37. The maximum atomic E-state index is 12.1. The summed E-state index contributed by atoms with van der Waals surface area (Å²) in [5.74, 6) is -0.0495. The lowest BCUT2D eigenvalue weighted by Crippen LogP contribution is -2.38. The van der Waals surface area contributed by atoms with Gasteiger partial charge in [-0.25, -0.2) is 13.6 Å². The van der Waals surface area contributed by atoms with Crippen molar-refractivity contribution in [2.75, 3.05) is 25.5 Å². The van der Waals surface area contributed by atoms with E-state index in [-0.39, 0.29) is 16.7 Å². The normalized spacial score (nSPS) is 20.6. The van der Waals surface area contributed by atoms with Gasteiger partial charge in [0.25, 0.3) is 0 Å². The summed E-state index contributed by atoms with van der Waals surface area (Å²) in [6, 6.07) is 5.87. The zero-order valence-corrected chi connectivity index (χ0v) is 12.2. The molecule has 0 saturated carbocycles. The van der Waals surface area contributed by atoms with Crippen LogP contribution in [0.25, 0.3) is 0 Å². The monoisotopic (exact) mass is 297 g/mol. The smallest absolute Gasteiger partial charge is 0.238 e. The van der Waals surface area contributed by atoms with E-state index in [1.165, 1.54) is 12.1 Å². The Labute approximate surface area is 119 Å². The number of nitrogens with two attached hydrogens (primary N) is 1. The molecule has 6 nitrogen and oxygen atoms in total. The van der Waals surface area contributed by atoms with Gasteiger partial charge in [0.2, 0.25) is 15.9 Å². The van der Waals surface area contributed by atoms with E-state index in [2.05, 4.69) is 10.2 Å². The van der Waals surface area contributed by atoms with Crippen LogP contribution >= 0.6 is 0 Å². The van der Waals surface area contributed by atoms with E-state index in [0.717, 1.165) is 25.9 Å². The van der Waals surface area contributed by atoms with Crippen molar-refractivity contribution in [1.29, 1.82) is 0 Å². The van der Waals surface area contributed by atoms with Crippen LogP contribution in [0.15, 0.2) is 29.2 Å². The third kappa shape index (κ3) is 3.78. The Hall–Kier alpha value is -1.44. The molecule has 1 aliphatic rings. The van der Waals surface area contributed by atoms with E-state index in [1.54, 1.807) is 12.1 Å². The fourth-order valence-electron chi connectivity index (χ4n) is 2.35. The summed E-state index contributed by atoms with van der Waals surface area (Å²) in [6.45, 7) is 1.77. The van der Waals surface area contributed by atoms with Gasteiger partial charge in [0.1, 0.15) is 0 Å². The molecule has 1 aromatic carbocycles. The number of rotatable bonds is 3. The fourth-order valence-corrected chi connectivity index (χ4v) is 2.87. The van der Waals surface area contributed by atoms with Crippen LogP contribution in [-0.2, 0) is 14.8 Å². The lowest BCUT2D eigenvalue weighted by Gasteiger charge is -2.28. The molecule has 1 amide bonds. The number of hydrogen-bond acceptors (Lipinski definition) is 4. The van der Waals surface area contributed by atoms with Crippen LogP contribution in [0.4, 0.5) is 5.69 Å². The Kier molecular flexibility index (Phi) is 4.42. The van der Waals surface area contributed by atoms with Gasteiger partial charge < -0.3 is 10.2 Å². The molecule has 110 valence electrons. The predicted molar refractivity (Wildman–Crippen MR) is 76.7 cm³/mol. The molecule has 2 rings (SSSR count). The highest BCUT2D eigenvalue weighted by Gasteiger charge is 2.23. The van der Waals surface area contributed by atoms with Crippen LogP contribution in [0.1, 0.15) is 12.8 Å². The molecule has 1 atom stereocenters. The minimum atomic E-state index is -3.70. The number of likely N-dealkylation sites (tertiary alicyclic amines) is 1. The largest absolute Gasteiger partial charge is 0.326 e. The van der Waals surface area contributed by atoms with Crippen LogP contribution in [0.5, 0.6) is 0 Å². The van der Waals surface area contributed by atoms with Gasteiger partial charge in [0, 0.05) is 12.2 Å². The molecule has 0 aromatic heterocycles. The number of nitrogens with zero attached hydrogens (tertiary/aromatic N) is 1. The second-order valence-electron chi connectivity index (χ2n) is 5.16. The van der Waals surface area contributed by atoms with E-state index >= 15 is 0 Å². The summed E-state index contributed by atoms with van der Waals surface area (Å²) in [4.78, 5) is 14.3. The molecular weight excluding hydrogens is 278 g/mol. The predicted octanol–water partition coefficient (Wildman–Crippen LogP) is 0.614. The van der Waals surface area contributed by atoms with E-state index in [4.69, 9.17) is 5.14 Å². The van der Waals surface area contributed by atoms with Crippen LogP contribution < -0.4 is 10.5 Å². The van der Waals surface area contributed by atoms with Crippen LogP contribution in [-0.4, -0.2) is 39.4 Å². The van der Waals surface area contributed by atoms with Crippen molar-refractivity contribution in [3.63, 3.8) is 0 Å². The van der Waals surface area contributed by atoms with E-state index in [9.17, 15) is 13.2 Å². The van der Waals surface area contributed by atoms with Gasteiger partial charge in [-0.3, -0.25) is 4.79 Å². The number of hydrogen-bond donors (Lipinski definition) is 2. The lowest BCUT2D eigenvalue weighted by atomic mass is 9.97. The maximum Gasteiger partial charge on any atom is 0.238 e. The molecule has 0 unspecified atom stereocenters. The van der Waals surface area contributed by atoms with Crippen molar-refractivity contribution in [3.05, 3.63) is 24.3 Å². The molecule has 1 fully saturated rings. The number of primary sulfonamides is 1. The van der Waals surface area contributed by atoms with Gasteiger partial charge in [-0.15, -0.1) is 0 Å². The average molecular weight is 297 g/mol. The highest BCUT2D eigenvalue weighted by atomic mass is 32.2. The van der Waals surface area contributed by atoms with Gasteiger partial charge in [-0.05, 0) is 50.7 Å². The Morgan fingerprint density at radius 3 is 2.55 bits per heavy atom. The van der Waals surface area contributed by atoms with Crippen molar-refractivity contribution in [1.82, 2.24) is 4.90 Å². The zero-order chi connectivity index (χ0) is 14.8. The molecule has 0 aliphatic carbocycles. The molecule has 3 N–H and O–H groups in total. The SMILES string of the molecule is CN1CCC[C@@H](C(=O)Nc2ccc(S(N)(=O)=O)cc2)C1. The van der Waals surface area contributed by atoms with E-state index in [0.29, 0.717) is 5.69 Å². The molecule has 1 aromatic rings. The second kappa shape index (κ2) is 5.90. The van der Waals surface area contributed by atoms with Crippen molar-refractivity contribution in [2.45, 2.75) is 17.7 Å². The summed E-state index contributed by atoms with van der Waals surface area (Å²) >= 11 is 0. The molecule has 0 bridgehead atoms. The summed E-state index contributed by atoms with van der Waals surface area (Å²) < 4.78 is 22.3. The second-order valence-corrected chi connectivity index (χ2v) is 6.72. The number of nitrogens with one attached hydrogen (secondary N) is 1. The summed E-state index contributed by atoms with van der Waals surface area (Å²) in [5, 5.41) is 7.83. The first kappa shape index (κ1) is 15.0. The Morgan fingerprint density at radius 1 is 1.35 bits per heavy atom. The topological polar surface area (TPSA) is 92.5 Å². The number of sulfonamides is 1. The summed E-state index contributed by atoms with van der Waals surface area (Å²) in [6.07, 6.45) is 1.89. The molecule has 1 saturated heterocycles. The quantitative estimate of drug-likeness (QED) is 0.855. The molecule has 7 heteroatoms. The molecule has 1 aliphatic heterocycles. The summed E-state index contributed by atoms with van der Waals surface area (Å²) in [5.41, 5.74) is 0.579. The number of carbonyl (C=O) groups is 1. The number of carbonyl (C=O) groups excluding carboxylic acids is 1. The van der Waals surface area contributed by atoms with Crippen LogP contribution in [0.3, 0.4) is 0 Å². The highest BCUT2D eigenvalue weighted by molar-refractivity contribution is 7.89. The van der Waals surface area contributed by atoms with Gasteiger partial charge in [-0.2, -0.15) is 0 Å². The summed E-state index contributed by atoms with van der Waals surface area (Å²) in [7, 11) is -1.69. The number of benzene rings is 1. The highest BCUT2D eigenvalue weighted by Crippen LogP contribution is 2.18. The Morgan fingerprint density at radius 2 is 2.00 bits per heavy atom. The number of amides is 1. The average Bonchev–Trinajstić information content (AvgIpc) is 2.38. The molecule has 0 radical (unpaired) electrons. The Balaban J connectivity index is 2.01. The maximum absolute atomic E-state index is 12.1. The van der Waals surface area contributed by atoms with Crippen molar-refractivity contribution in [2.24, 2.45) is 11.1 Å². The third-order valence-electron chi connectivity index (χ3n) is 3.45. The molecule has 20 heavy (non-hydrogen) atoms. The number of piperidine rings is 1. The first-order valence-corrected chi connectivity index (χ1v) is 8.03. The van der Waals surface area contributed by atoms with Crippen LogP contribution in [0.2, 0.25) is 0 Å². The van der Waals surface area contributed by atoms with Crippen molar-refractivity contribution < 1.29 is 13.2 Å². The minimum absolute atomic E-state index is 0.0216. The van der Waals surface area contributed by atoms with Crippen molar-refractivity contribution >= 4 is 21.6 Å². The zero-order valence-electron chi connectivity index (χ0n) is 11.4.